The largest absolute Gasteiger partial charge is 0.303 e. The van der Waals surface area contributed by atoms with Crippen LogP contribution < -0.4 is 5.43 Å². The van der Waals surface area contributed by atoms with Crippen LogP contribution in [0.5, 0.6) is 0 Å². The van der Waals surface area contributed by atoms with Crippen molar-refractivity contribution in [2.75, 3.05) is 33.2 Å². The SMILES string of the molecule is CCNN1CCN(C)CC1c1ccccc1. The highest BCUT2D eigenvalue weighted by Gasteiger charge is 2.25. The zero-order valence-electron chi connectivity index (χ0n) is 10.2. The van der Waals surface area contributed by atoms with Gasteiger partial charge in [0.25, 0.3) is 0 Å². The van der Waals surface area contributed by atoms with Crippen molar-refractivity contribution in [1.82, 2.24) is 15.3 Å². The Morgan fingerprint density at radius 1 is 1.25 bits per heavy atom. The van der Waals surface area contributed by atoms with Gasteiger partial charge in [-0.1, -0.05) is 37.3 Å². The Morgan fingerprint density at radius 2 is 2.00 bits per heavy atom. The normalized spacial score (nSPS) is 23.5. The van der Waals surface area contributed by atoms with Crippen LogP contribution in [0.15, 0.2) is 30.3 Å². The summed E-state index contributed by atoms with van der Waals surface area (Å²) in [6, 6.07) is 11.2. The van der Waals surface area contributed by atoms with Gasteiger partial charge < -0.3 is 4.90 Å². The molecule has 0 saturated carbocycles. The Hall–Kier alpha value is -0.900. The van der Waals surface area contributed by atoms with Gasteiger partial charge in [0.15, 0.2) is 0 Å². The summed E-state index contributed by atoms with van der Waals surface area (Å²) in [4.78, 5) is 2.39. The third-order valence-corrected chi connectivity index (χ3v) is 3.13. The molecule has 0 aliphatic carbocycles. The number of piperazine rings is 1. The number of nitrogens with one attached hydrogen (secondary N) is 1. The molecule has 3 heteroatoms. The summed E-state index contributed by atoms with van der Waals surface area (Å²) in [6.45, 7) is 6.46. The van der Waals surface area contributed by atoms with E-state index < -0.39 is 0 Å². The smallest absolute Gasteiger partial charge is 0.0620 e. The second-order valence-electron chi connectivity index (χ2n) is 4.39. The second kappa shape index (κ2) is 5.43. The van der Waals surface area contributed by atoms with Gasteiger partial charge in [0.2, 0.25) is 0 Å². The summed E-state index contributed by atoms with van der Waals surface area (Å²) in [5.74, 6) is 0. The predicted molar refractivity (Wildman–Crippen MR) is 67.1 cm³/mol. The lowest BCUT2D eigenvalue weighted by Gasteiger charge is -2.40. The van der Waals surface area contributed by atoms with E-state index >= 15 is 0 Å². The first-order valence-electron chi connectivity index (χ1n) is 6.05. The van der Waals surface area contributed by atoms with E-state index in [2.05, 4.69) is 59.6 Å². The molecule has 0 amide bonds. The quantitative estimate of drug-likeness (QED) is 0.831. The summed E-state index contributed by atoms with van der Waals surface area (Å²) >= 11 is 0. The molecule has 88 valence electrons. The molecule has 1 aliphatic heterocycles. The number of nitrogens with zero attached hydrogens (tertiary/aromatic N) is 2. The molecule has 1 N–H and O–H groups in total. The molecule has 16 heavy (non-hydrogen) atoms. The lowest BCUT2D eigenvalue weighted by atomic mass is 10.0. The minimum absolute atomic E-state index is 0.472. The maximum atomic E-state index is 3.46. The molecule has 1 aliphatic rings. The first kappa shape index (κ1) is 11.6. The number of hydrazine groups is 1. The van der Waals surface area contributed by atoms with Crippen molar-refractivity contribution in [3.63, 3.8) is 0 Å². The van der Waals surface area contributed by atoms with Crippen molar-refractivity contribution < 1.29 is 0 Å². The van der Waals surface area contributed by atoms with Gasteiger partial charge in [-0.25, -0.2) is 5.01 Å². The molecular formula is C13H21N3. The summed E-state index contributed by atoms with van der Waals surface area (Å²) in [5, 5.41) is 2.37. The van der Waals surface area contributed by atoms with E-state index in [1.807, 2.05) is 0 Å². The van der Waals surface area contributed by atoms with Crippen molar-refractivity contribution in [3.05, 3.63) is 35.9 Å². The van der Waals surface area contributed by atoms with Crippen LogP contribution in [-0.2, 0) is 0 Å². The average molecular weight is 219 g/mol. The third-order valence-electron chi connectivity index (χ3n) is 3.13. The molecule has 3 nitrogen and oxygen atoms in total. The highest BCUT2D eigenvalue weighted by Crippen LogP contribution is 2.22. The number of hydrogen-bond acceptors (Lipinski definition) is 3. The number of rotatable bonds is 3. The van der Waals surface area contributed by atoms with E-state index in [1.165, 1.54) is 5.56 Å². The molecule has 2 rings (SSSR count). The van der Waals surface area contributed by atoms with E-state index in [0.717, 1.165) is 26.2 Å². The molecule has 1 atom stereocenters. The lowest BCUT2D eigenvalue weighted by molar-refractivity contribution is 0.0460. The summed E-state index contributed by atoms with van der Waals surface area (Å²) in [7, 11) is 2.19. The van der Waals surface area contributed by atoms with Gasteiger partial charge in [-0.2, -0.15) is 0 Å². The van der Waals surface area contributed by atoms with Crippen LogP contribution >= 0.6 is 0 Å². The predicted octanol–water partition coefficient (Wildman–Crippen LogP) is 1.50. The second-order valence-corrected chi connectivity index (χ2v) is 4.39. The van der Waals surface area contributed by atoms with E-state index in [9.17, 15) is 0 Å². The molecule has 1 saturated heterocycles. The van der Waals surface area contributed by atoms with Crippen LogP contribution in [-0.4, -0.2) is 43.1 Å². The van der Waals surface area contributed by atoms with Crippen molar-refractivity contribution in [2.24, 2.45) is 0 Å². The molecule has 1 aromatic rings. The number of benzene rings is 1. The number of likely N-dealkylation sites (N-methyl/N-ethyl adjacent to an activating group) is 1. The summed E-state index contributed by atoms with van der Waals surface area (Å²) < 4.78 is 0. The zero-order chi connectivity index (χ0) is 11.4. The number of hydrogen-bond donors (Lipinski definition) is 1. The van der Waals surface area contributed by atoms with Crippen molar-refractivity contribution in [2.45, 2.75) is 13.0 Å². The molecule has 1 aromatic carbocycles. The zero-order valence-corrected chi connectivity index (χ0v) is 10.2. The lowest BCUT2D eigenvalue weighted by Crippen LogP contribution is -2.52. The fourth-order valence-corrected chi connectivity index (χ4v) is 2.27. The van der Waals surface area contributed by atoms with Crippen molar-refractivity contribution in [3.8, 4) is 0 Å². The average Bonchev–Trinajstić information content (AvgIpc) is 2.33. The maximum absolute atomic E-state index is 3.46. The fourth-order valence-electron chi connectivity index (χ4n) is 2.27. The molecule has 0 spiro atoms. The van der Waals surface area contributed by atoms with Crippen LogP contribution in [0, 0.1) is 0 Å². The Labute approximate surface area is 98.0 Å². The minimum atomic E-state index is 0.472. The summed E-state index contributed by atoms with van der Waals surface area (Å²) in [6.07, 6.45) is 0. The van der Waals surface area contributed by atoms with Crippen molar-refractivity contribution >= 4 is 0 Å². The van der Waals surface area contributed by atoms with Crippen LogP contribution in [0.2, 0.25) is 0 Å². The van der Waals surface area contributed by atoms with Gasteiger partial charge in [-0.3, -0.25) is 5.43 Å². The molecule has 0 radical (unpaired) electrons. The molecule has 0 bridgehead atoms. The monoisotopic (exact) mass is 219 g/mol. The van der Waals surface area contributed by atoms with E-state index in [0.29, 0.717) is 6.04 Å². The molecule has 1 heterocycles. The fraction of sp³-hybridized carbons (Fsp3) is 0.538. The molecular weight excluding hydrogens is 198 g/mol. The Bertz CT molecular complexity index is 312. The Morgan fingerprint density at radius 3 is 2.69 bits per heavy atom. The Kier molecular flexibility index (Phi) is 3.93. The summed E-state index contributed by atoms with van der Waals surface area (Å²) in [5.41, 5.74) is 4.86. The van der Waals surface area contributed by atoms with Gasteiger partial charge in [0, 0.05) is 26.2 Å². The molecule has 1 unspecified atom stereocenters. The first-order chi connectivity index (χ1) is 7.81. The topological polar surface area (TPSA) is 18.5 Å². The highest BCUT2D eigenvalue weighted by molar-refractivity contribution is 5.19. The maximum Gasteiger partial charge on any atom is 0.0620 e. The van der Waals surface area contributed by atoms with Crippen LogP contribution in [0.4, 0.5) is 0 Å². The van der Waals surface area contributed by atoms with E-state index in [4.69, 9.17) is 0 Å². The Balaban J connectivity index is 2.14. The van der Waals surface area contributed by atoms with Gasteiger partial charge in [0.05, 0.1) is 6.04 Å². The first-order valence-corrected chi connectivity index (χ1v) is 6.05. The minimum Gasteiger partial charge on any atom is -0.303 e. The molecule has 1 fully saturated rings. The van der Waals surface area contributed by atoms with Gasteiger partial charge >= 0.3 is 0 Å². The standard InChI is InChI=1S/C13H21N3/c1-3-14-16-10-9-15(2)11-13(16)12-7-5-4-6-8-12/h4-8,13-14H,3,9-11H2,1-2H3. The van der Waals surface area contributed by atoms with Crippen LogP contribution in [0.25, 0.3) is 0 Å². The highest BCUT2D eigenvalue weighted by atomic mass is 15.5. The third kappa shape index (κ3) is 2.61. The van der Waals surface area contributed by atoms with Crippen molar-refractivity contribution in [1.29, 1.82) is 0 Å². The van der Waals surface area contributed by atoms with E-state index in [-0.39, 0.29) is 0 Å². The van der Waals surface area contributed by atoms with Crippen LogP contribution in [0.1, 0.15) is 18.5 Å². The van der Waals surface area contributed by atoms with Gasteiger partial charge in [0.1, 0.15) is 0 Å². The van der Waals surface area contributed by atoms with Gasteiger partial charge in [-0.05, 0) is 12.6 Å². The molecule has 0 aromatic heterocycles. The van der Waals surface area contributed by atoms with Gasteiger partial charge in [-0.15, -0.1) is 0 Å². The van der Waals surface area contributed by atoms with E-state index in [1.54, 1.807) is 0 Å². The van der Waals surface area contributed by atoms with Crippen LogP contribution in [0.3, 0.4) is 0 Å².